The Morgan fingerprint density at radius 1 is 1.41 bits per heavy atom. The number of carbonyl (C=O) groups excluding carboxylic acids is 1. The van der Waals surface area contributed by atoms with Crippen molar-refractivity contribution in [2.45, 2.75) is 33.2 Å². The maximum absolute atomic E-state index is 14.0. The molecule has 1 fully saturated rings. The molecule has 1 aliphatic heterocycles. The van der Waals surface area contributed by atoms with Crippen LogP contribution in [-0.2, 0) is 0 Å². The van der Waals surface area contributed by atoms with Crippen LogP contribution in [0.25, 0.3) is 0 Å². The first-order valence-electron chi connectivity index (χ1n) is 9.98. The van der Waals surface area contributed by atoms with E-state index < -0.39 is 5.82 Å². The summed E-state index contributed by atoms with van der Waals surface area (Å²) in [7, 11) is 0. The Labute approximate surface area is 170 Å². The molecule has 1 aromatic carbocycles. The first-order chi connectivity index (χ1) is 13.9. The zero-order valence-corrected chi connectivity index (χ0v) is 17.1. The van der Waals surface area contributed by atoms with Gasteiger partial charge in [-0.1, -0.05) is 0 Å². The van der Waals surface area contributed by atoms with Crippen LogP contribution in [0.1, 0.15) is 37.6 Å². The zero-order chi connectivity index (χ0) is 21.0. The number of aromatic nitrogens is 2. The SMILES string of the molecule is CCN(C(=O)c1cc(F)ccc1Oc1cncnc1N1CC[C@H](CN)C1)C(C)C. The first-order valence-corrected chi connectivity index (χ1v) is 9.98. The lowest BCUT2D eigenvalue weighted by molar-refractivity contribution is 0.0713. The Balaban J connectivity index is 1.93. The quantitative estimate of drug-likeness (QED) is 0.768. The van der Waals surface area contributed by atoms with Gasteiger partial charge in [-0.2, -0.15) is 0 Å². The molecule has 0 aliphatic carbocycles. The third kappa shape index (κ3) is 4.64. The molecular formula is C21H28FN5O2. The van der Waals surface area contributed by atoms with E-state index in [0.717, 1.165) is 19.5 Å². The van der Waals surface area contributed by atoms with E-state index >= 15 is 0 Å². The predicted molar refractivity (Wildman–Crippen MR) is 110 cm³/mol. The van der Waals surface area contributed by atoms with E-state index in [1.165, 1.54) is 24.5 Å². The standard InChI is InChI=1S/C21H28FN5O2/c1-4-27(14(2)3)21(28)17-9-16(22)5-6-18(17)29-19-11-24-13-25-20(19)26-8-7-15(10-23)12-26/h5-6,9,11,13-15H,4,7-8,10,12,23H2,1-3H3/t15-/m1/s1. The molecule has 1 aromatic heterocycles. The number of nitrogens with zero attached hydrogens (tertiary/aromatic N) is 4. The van der Waals surface area contributed by atoms with Crippen LogP contribution in [0.5, 0.6) is 11.5 Å². The summed E-state index contributed by atoms with van der Waals surface area (Å²) in [5.41, 5.74) is 5.98. The van der Waals surface area contributed by atoms with Crippen molar-refractivity contribution >= 4 is 11.7 Å². The van der Waals surface area contributed by atoms with Gasteiger partial charge in [0.15, 0.2) is 11.6 Å². The largest absolute Gasteiger partial charge is 0.451 e. The highest BCUT2D eigenvalue weighted by Gasteiger charge is 2.27. The third-order valence-electron chi connectivity index (χ3n) is 5.19. The van der Waals surface area contributed by atoms with Gasteiger partial charge in [0.05, 0.1) is 11.8 Å². The number of hydrogen-bond donors (Lipinski definition) is 1. The van der Waals surface area contributed by atoms with Gasteiger partial charge >= 0.3 is 0 Å². The van der Waals surface area contributed by atoms with Crippen molar-refractivity contribution < 1.29 is 13.9 Å². The fourth-order valence-corrected chi connectivity index (χ4v) is 3.61. The lowest BCUT2D eigenvalue weighted by Crippen LogP contribution is -2.36. The summed E-state index contributed by atoms with van der Waals surface area (Å²) in [6.45, 7) is 8.48. The van der Waals surface area contributed by atoms with Crippen LogP contribution in [-0.4, -0.2) is 53.0 Å². The van der Waals surface area contributed by atoms with Crippen molar-refractivity contribution in [3.63, 3.8) is 0 Å². The van der Waals surface area contributed by atoms with Crippen molar-refractivity contribution in [3.05, 3.63) is 42.1 Å². The second-order valence-corrected chi connectivity index (χ2v) is 7.47. The molecule has 2 aromatic rings. The Morgan fingerprint density at radius 3 is 2.86 bits per heavy atom. The molecule has 0 saturated carbocycles. The van der Waals surface area contributed by atoms with Gasteiger partial charge in [-0.05, 0) is 57.9 Å². The second-order valence-electron chi connectivity index (χ2n) is 7.47. The zero-order valence-electron chi connectivity index (χ0n) is 17.1. The molecule has 1 atom stereocenters. The maximum Gasteiger partial charge on any atom is 0.257 e. The van der Waals surface area contributed by atoms with Crippen LogP contribution in [0, 0.1) is 11.7 Å². The van der Waals surface area contributed by atoms with E-state index in [9.17, 15) is 9.18 Å². The van der Waals surface area contributed by atoms with E-state index in [4.69, 9.17) is 10.5 Å². The number of rotatable bonds is 7. The number of halogens is 1. The van der Waals surface area contributed by atoms with Crippen LogP contribution in [0.4, 0.5) is 10.2 Å². The Hall–Kier alpha value is -2.74. The fraction of sp³-hybridized carbons (Fsp3) is 0.476. The number of hydrogen-bond acceptors (Lipinski definition) is 6. The summed E-state index contributed by atoms with van der Waals surface area (Å²) in [6, 6.07) is 3.95. The lowest BCUT2D eigenvalue weighted by Gasteiger charge is -2.26. The summed E-state index contributed by atoms with van der Waals surface area (Å²) in [4.78, 5) is 25.2. The molecule has 29 heavy (non-hydrogen) atoms. The highest BCUT2D eigenvalue weighted by Crippen LogP contribution is 2.34. The van der Waals surface area contributed by atoms with Crippen LogP contribution >= 0.6 is 0 Å². The minimum atomic E-state index is -0.490. The van der Waals surface area contributed by atoms with Gasteiger partial charge in [-0.15, -0.1) is 0 Å². The molecule has 156 valence electrons. The Kier molecular flexibility index (Phi) is 6.64. The normalized spacial score (nSPS) is 16.3. The number of anilines is 1. The Morgan fingerprint density at radius 2 is 2.21 bits per heavy atom. The molecule has 3 rings (SSSR count). The van der Waals surface area contributed by atoms with Gasteiger partial charge in [0.2, 0.25) is 0 Å². The summed E-state index contributed by atoms with van der Waals surface area (Å²) >= 11 is 0. The summed E-state index contributed by atoms with van der Waals surface area (Å²) < 4.78 is 20.0. The summed E-state index contributed by atoms with van der Waals surface area (Å²) in [6.07, 6.45) is 4.02. The van der Waals surface area contributed by atoms with Crippen molar-refractivity contribution in [2.24, 2.45) is 11.7 Å². The van der Waals surface area contributed by atoms with Gasteiger partial charge in [-0.25, -0.2) is 14.4 Å². The minimum absolute atomic E-state index is 0.0166. The van der Waals surface area contributed by atoms with Gasteiger partial charge in [-0.3, -0.25) is 4.79 Å². The van der Waals surface area contributed by atoms with E-state index in [0.29, 0.717) is 30.6 Å². The number of benzene rings is 1. The number of ether oxygens (including phenoxy) is 1. The highest BCUT2D eigenvalue weighted by atomic mass is 19.1. The molecule has 0 unspecified atom stereocenters. The van der Waals surface area contributed by atoms with Gasteiger partial charge in [0.25, 0.3) is 5.91 Å². The fourth-order valence-electron chi connectivity index (χ4n) is 3.61. The average Bonchev–Trinajstić information content (AvgIpc) is 3.19. The van der Waals surface area contributed by atoms with Crippen molar-refractivity contribution in [1.82, 2.24) is 14.9 Å². The average molecular weight is 401 g/mol. The van der Waals surface area contributed by atoms with Crippen LogP contribution in [0.3, 0.4) is 0 Å². The molecule has 1 saturated heterocycles. The minimum Gasteiger partial charge on any atom is -0.451 e. The third-order valence-corrected chi connectivity index (χ3v) is 5.19. The van der Waals surface area contributed by atoms with Gasteiger partial charge in [0.1, 0.15) is 17.9 Å². The van der Waals surface area contributed by atoms with Crippen LogP contribution in [0.15, 0.2) is 30.7 Å². The molecule has 1 amide bonds. The molecule has 2 heterocycles. The van der Waals surface area contributed by atoms with Gasteiger partial charge < -0.3 is 20.3 Å². The number of amides is 1. The first kappa shape index (κ1) is 21.0. The highest BCUT2D eigenvalue weighted by molar-refractivity contribution is 5.97. The van der Waals surface area contributed by atoms with Gasteiger partial charge in [0, 0.05) is 25.7 Å². The molecular weight excluding hydrogens is 373 g/mol. The Bertz CT molecular complexity index is 861. The lowest BCUT2D eigenvalue weighted by atomic mass is 10.1. The number of nitrogens with two attached hydrogens (primary N) is 1. The summed E-state index contributed by atoms with van der Waals surface area (Å²) in [5.74, 6) is 0.995. The smallest absolute Gasteiger partial charge is 0.257 e. The maximum atomic E-state index is 14.0. The summed E-state index contributed by atoms with van der Waals surface area (Å²) in [5, 5.41) is 0. The molecule has 1 aliphatic rings. The van der Waals surface area contributed by atoms with E-state index in [-0.39, 0.29) is 23.3 Å². The monoisotopic (exact) mass is 401 g/mol. The van der Waals surface area contributed by atoms with E-state index in [1.54, 1.807) is 11.1 Å². The van der Waals surface area contributed by atoms with Crippen LogP contribution in [0.2, 0.25) is 0 Å². The van der Waals surface area contributed by atoms with Crippen molar-refractivity contribution in [3.8, 4) is 11.5 Å². The molecule has 2 N–H and O–H groups in total. The van der Waals surface area contributed by atoms with E-state index in [2.05, 4.69) is 14.9 Å². The van der Waals surface area contributed by atoms with Crippen molar-refractivity contribution in [1.29, 1.82) is 0 Å². The van der Waals surface area contributed by atoms with Crippen LogP contribution < -0.4 is 15.4 Å². The molecule has 8 heteroatoms. The molecule has 0 radical (unpaired) electrons. The van der Waals surface area contributed by atoms with E-state index in [1.807, 2.05) is 20.8 Å². The molecule has 0 bridgehead atoms. The van der Waals surface area contributed by atoms with Crippen molar-refractivity contribution in [2.75, 3.05) is 31.1 Å². The molecule has 0 spiro atoms. The topological polar surface area (TPSA) is 84.6 Å². The number of carbonyl (C=O) groups is 1. The molecule has 7 nitrogen and oxygen atoms in total. The second kappa shape index (κ2) is 9.17. The predicted octanol–water partition coefficient (Wildman–Crippen LogP) is 3.06.